The standard InChI is InChI=1S/C23H24ClN3OS/c24-15-10-8-14(9-11-15)20(28)21-19(25)18-16-6-2-3-7-17(16)22(26-23(18)29-21)27-12-4-1-5-13-27/h8-11H,1-7,12-13,25H2. The van der Waals surface area contributed by atoms with Crippen LogP contribution in [0, 0.1) is 0 Å². The third-order valence-electron chi connectivity index (χ3n) is 6.14. The minimum atomic E-state index is -0.0498. The van der Waals surface area contributed by atoms with Gasteiger partial charge in [-0.15, -0.1) is 11.3 Å². The number of hydrogen-bond donors (Lipinski definition) is 1. The fourth-order valence-corrected chi connectivity index (χ4v) is 5.87. The van der Waals surface area contributed by atoms with E-state index in [-0.39, 0.29) is 5.78 Å². The molecule has 0 spiro atoms. The largest absolute Gasteiger partial charge is 0.397 e. The number of piperidine rings is 1. The monoisotopic (exact) mass is 425 g/mol. The van der Waals surface area contributed by atoms with Gasteiger partial charge in [-0.25, -0.2) is 4.98 Å². The van der Waals surface area contributed by atoms with E-state index in [2.05, 4.69) is 4.90 Å². The number of carbonyl (C=O) groups is 1. The van der Waals surface area contributed by atoms with E-state index in [0.717, 1.165) is 42.0 Å². The van der Waals surface area contributed by atoms with Crippen LogP contribution in [0.1, 0.15) is 58.5 Å². The van der Waals surface area contributed by atoms with Gasteiger partial charge in [-0.2, -0.15) is 0 Å². The second-order valence-corrected chi connectivity index (χ2v) is 9.44. The van der Waals surface area contributed by atoms with Crippen molar-refractivity contribution in [2.75, 3.05) is 23.7 Å². The van der Waals surface area contributed by atoms with Gasteiger partial charge >= 0.3 is 0 Å². The Kier molecular flexibility index (Phi) is 4.96. The van der Waals surface area contributed by atoms with Gasteiger partial charge < -0.3 is 10.6 Å². The number of nitrogens with zero attached hydrogens (tertiary/aromatic N) is 2. The van der Waals surface area contributed by atoms with Gasteiger partial charge in [-0.05, 0) is 80.3 Å². The molecule has 0 radical (unpaired) electrons. The quantitative estimate of drug-likeness (QED) is 0.552. The minimum Gasteiger partial charge on any atom is -0.397 e. The number of benzene rings is 1. The normalized spacial score (nSPS) is 16.8. The molecule has 2 aliphatic rings. The minimum absolute atomic E-state index is 0.0498. The number of hydrogen-bond acceptors (Lipinski definition) is 5. The first kappa shape index (κ1) is 18.9. The average molecular weight is 426 g/mol. The predicted octanol–water partition coefficient (Wildman–Crippen LogP) is 5.63. The maximum atomic E-state index is 13.2. The van der Waals surface area contributed by atoms with Crippen LogP contribution in [-0.4, -0.2) is 23.9 Å². The molecule has 1 fully saturated rings. The van der Waals surface area contributed by atoms with E-state index in [4.69, 9.17) is 22.3 Å². The van der Waals surface area contributed by atoms with Crippen LogP contribution in [0.3, 0.4) is 0 Å². The summed E-state index contributed by atoms with van der Waals surface area (Å²) in [5.74, 6) is 1.09. The van der Waals surface area contributed by atoms with Gasteiger partial charge in [0.15, 0.2) is 0 Å². The van der Waals surface area contributed by atoms with Gasteiger partial charge in [-0.1, -0.05) is 11.6 Å². The molecular weight excluding hydrogens is 402 g/mol. The summed E-state index contributed by atoms with van der Waals surface area (Å²) >= 11 is 7.42. The van der Waals surface area contributed by atoms with E-state index in [0.29, 0.717) is 21.2 Å². The summed E-state index contributed by atoms with van der Waals surface area (Å²) in [6.07, 6.45) is 8.18. The number of aromatic nitrogens is 1. The van der Waals surface area contributed by atoms with Crippen LogP contribution >= 0.6 is 22.9 Å². The molecule has 1 aliphatic heterocycles. The Balaban J connectivity index is 1.66. The molecule has 6 heteroatoms. The van der Waals surface area contributed by atoms with Gasteiger partial charge in [0.2, 0.25) is 5.78 Å². The van der Waals surface area contributed by atoms with E-state index < -0.39 is 0 Å². The van der Waals surface area contributed by atoms with Crippen molar-refractivity contribution in [3.05, 3.63) is 50.9 Å². The Morgan fingerprint density at radius 1 is 1.00 bits per heavy atom. The Morgan fingerprint density at radius 2 is 1.69 bits per heavy atom. The SMILES string of the molecule is Nc1c(C(=O)c2ccc(Cl)cc2)sc2nc(N3CCCCC3)c3c(c12)CCCC3. The summed E-state index contributed by atoms with van der Waals surface area (Å²) in [5, 5.41) is 1.63. The molecule has 0 amide bonds. The van der Waals surface area contributed by atoms with Crippen molar-refractivity contribution in [3.63, 3.8) is 0 Å². The van der Waals surface area contributed by atoms with Crippen molar-refractivity contribution in [1.82, 2.24) is 4.98 Å². The number of halogens is 1. The molecule has 4 nitrogen and oxygen atoms in total. The number of fused-ring (bicyclic) bond motifs is 3. The first-order chi connectivity index (χ1) is 14.1. The molecule has 0 saturated carbocycles. The maximum absolute atomic E-state index is 13.2. The van der Waals surface area contributed by atoms with Crippen molar-refractivity contribution in [2.24, 2.45) is 0 Å². The van der Waals surface area contributed by atoms with Crippen molar-refractivity contribution >= 4 is 50.4 Å². The Labute approximate surface area is 179 Å². The fraction of sp³-hybridized carbons (Fsp3) is 0.391. The highest BCUT2D eigenvalue weighted by Gasteiger charge is 2.27. The van der Waals surface area contributed by atoms with Crippen LogP contribution in [0.15, 0.2) is 24.3 Å². The zero-order chi connectivity index (χ0) is 20.0. The number of anilines is 2. The first-order valence-corrected chi connectivity index (χ1v) is 11.6. The van der Waals surface area contributed by atoms with E-state index in [1.165, 1.54) is 54.6 Å². The van der Waals surface area contributed by atoms with Crippen molar-refractivity contribution in [1.29, 1.82) is 0 Å². The lowest BCUT2D eigenvalue weighted by Crippen LogP contribution is -2.31. The van der Waals surface area contributed by atoms with Gasteiger partial charge in [0.1, 0.15) is 15.5 Å². The molecule has 1 aromatic carbocycles. The molecule has 1 aliphatic carbocycles. The zero-order valence-electron chi connectivity index (χ0n) is 16.3. The summed E-state index contributed by atoms with van der Waals surface area (Å²) in [6, 6.07) is 7.01. The third-order valence-corrected chi connectivity index (χ3v) is 7.49. The maximum Gasteiger partial charge on any atom is 0.205 e. The van der Waals surface area contributed by atoms with Crippen LogP contribution in [0.2, 0.25) is 5.02 Å². The van der Waals surface area contributed by atoms with E-state index in [1.807, 2.05) is 0 Å². The smallest absolute Gasteiger partial charge is 0.205 e. The number of carbonyl (C=O) groups excluding carboxylic acids is 1. The highest BCUT2D eigenvalue weighted by Crippen LogP contribution is 2.43. The van der Waals surface area contributed by atoms with Crippen LogP contribution in [0.25, 0.3) is 10.2 Å². The molecule has 150 valence electrons. The van der Waals surface area contributed by atoms with Crippen molar-refractivity contribution in [2.45, 2.75) is 44.9 Å². The molecule has 29 heavy (non-hydrogen) atoms. The Morgan fingerprint density at radius 3 is 2.41 bits per heavy atom. The third kappa shape index (κ3) is 3.30. The van der Waals surface area contributed by atoms with E-state index in [9.17, 15) is 4.79 Å². The van der Waals surface area contributed by atoms with E-state index in [1.54, 1.807) is 24.3 Å². The van der Waals surface area contributed by atoms with Crippen molar-refractivity contribution < 1.29 is 4.79 Å². The number of ketones is 1. The summed E-state index contributed by atoms with van der Waals surface area (Å²) < 4.78 is 0. The molecule has 5 rings (SSSR count). The summed E-state index contributed by atoms with van der Waals surface area (Å²) in [5.41, 5.74) is 10.5. The number of pyridine rings is 1. The van der Waals surface area contributed by atoms with Gasteiger partial charge in [0.25, 0.3) is 0 Å². The average Bonchev–Trinajstić information content (AvgIpc) is 3.10. The topological polar surface area (TPSA) is 59.2 Å². The number of nitrogen functional groups attached to an aromatic ring is 1. The molecular formula is C23H24ClN3OS. The highest BCUT2D eigenvalue weighted by molar-refractivity contribution is 7.21. The second-order valence-electron chi connectivity index (χ2n) is 8.01. The summed E-state index contributed by atoms with van der Waals surface area (Å²) in [7, 11) is 0. The molecule has 2 aromatic heterocycles. The molecule has 3 heterocycles. The number of rotatable bonds is 3. The Bertz CT molecular complexity index is 1080. The lowest BCUT2D eigenvalue weighted by atomic mass is 9.89. The Hall–Kier alpha value is -2.11. The lowest BCUT2D eigenvalue weighted by Gasteiger charge is -2.31. The molecule has 3 aromatic rings. The predicted molar refractivity (Wildman–Crippen MR) is 122 cm³/mol. The van der Waals surface area contributed by atoms with Crippen LogP contribution in [-0.2, 0) is 12.8 Å². The molecule has 0 unspecified atom stereocenters. The second kappa shape index (κ2) is 7.62. The molecule has 2 N–H and O–H groups in total. The van der Waals surface area contributed by atoms with Gasteiger partial charge in [0, 0.05) is 29.1 Å². The number of nitrogens with two attached hydrogens (primary N) is 1. The number of aryl methyl sites for hydroxylation is 1. The lowest BCUT2D eigenvalue weighted by molar-refractivity contribution is 0.104. The number of thiophene rings is 1. The van der Waals surface area contributed by atoms with Crippen molar-refractivity contribution in [3.8, 4) is 0 Å². The first-order valence-electron chi connectivity index (χ1n) is 10.4. The summed E-state index contributed by atoms with van der Waals surface area (Å²) in [4.78, 5) is 22.2. The van der Waals surface area contributed by atoms with Crippen LogP contribution < -0.4 is 10.6 Å². The molecule has 0 bridgehead atoms. The molecule has 1 saturated heterocycles. The fourth-order valence-electron chi connectivity index (χ4n) is 4.66. The van der Waals surface area contributed by atoms with Crippen LogP contribution in [0.5, 0.6) is 0 Å². The van der Waals surface area contributed by atoms with E-state index >= 15 is 0 Å². The van der Waals surface area contributed by atoms with Gasteiger partial charge in [0.05, 0.1) is 5.69 Å². The van der Waals surface area contributed by atoms with Gasteiger partial charge in [-0.3, -0.25) is 4.79 Å². The highest BCUT2D eigenvalue weighted by atomic mass is 35.5. The van der Waals surface area contributed by atoms with Crippen LogP contribution in [0.4, 0.5) is 11.5 Å². The molecule has 0 atom stereocenters. The zero-order valence-corrected chi connectivity index (χ0v) is 17.9. The summed E-state index contributed by atoms with van der Waals surface area (Å²) in [6.45, 7) is 2.14.